The summed E-state index contributed by atoms with van der Waals surface area (Å²) in [4.78, 5) is 23.2. The molecule has 0 spiro atoms. The van der Waals surface area contributed by atoms with E-state index in [0.717, 1.165) is 18.4 Å². The highest BCUT2D eigenvalue weighted by atomic mass is 19.1. The van der Waals surface area contributed by atoms with Crippen LogP contribution < -0.4 is 9.64 Å². The third-order valence-electron chi connectivity index (χ3n) is 7.42. The predicted molar refractivity (Wildman–Crippen MR) is 139 cm³/mol. The molecule has 2 saturated heterocycles. The second-order valence-corrected chi connectivity index (χ2v) is 9.64. The lowest BCUT2D eigenvalue weighted by atomic mass is 9.80. The number of nitrogens with zero attached hydrogens (tertiary/aromatic N) is 7. The summed E-state index contributed by atoms with van der Waals surface area (Å²) in [5.74, 6) is 0.991. The number of carbonyl (C=O) groups is 1. The van der Waals surface area contributed by atoms with Crippen molar-refractivity contribution in [2.45, 2.75) is 50.0 Å². The number of amides is 1. The first kappa shape index (κ1) is 26.2. The van der Waals surface area contributed by atoms with Crippen molar-refractivity contribution in [3.63, 3.8) is 0 Å². The third kappa shape index (κ3) is 5.18. The van der Waals surface area contributed by atoms with Gasteiger partial charge in [-0.1, -0.05) is 6.07 Å². The molecule has 1 aromatic carbocycles. The van der Waals surface area contributed by atoms with Gasteiger partial charge in [0.15, 0.2) is 18.3 Å². The second kappa shape index (κ2) is 11.2. The summed E-state index contributed by atoms with van der Waals surface area (Å²) >= 11 is 0. The molecule has 3 aromatic rings. The van der Waals surface area contributed by atoms with E-state index in [-0.39, 0.29) is 18.5 Å². The summed E-state index contributed by atoms with van der Waals surface area (Å²) in [6.07, 6.45) is 3.03. The number of ether oxygens (including phenoxy) is 2. The number of aromatic nitrogens is 4. The molecule has 2 aromatic heterocycles. The van der Waals surface area contributed by atoms with Crippen molar-refractivity contribution < 1.29 is 23.8 Å². The van der Waals surface area contributed by atoms with Gasteiger partial charge in [0.1, 0.15) is 18.0 Å². The van der Waals surface area contributed by atoms with E-state index in [9.17, 15) is 9.90 Å². The Balaban J connectivity index is 1.38. The van der Waals surface area contributed by atoms with Gasteiger partial charge in [0.2, 0.25) is 0 Å². The molecule has 0 saturated carbocycles. The molecule has 0 aliphatic carbocycles. The highest BCUT2D eigenvalue weighted by molar-refractivity contribution is 5.73. The minimum absolute atomic E-state index is 0.0129. The molecule has 5 rings (SSSR count). The van der Waals surface area contributed by atoms with Crippen molar-refractivity contribution in [3.8, 4) is 34.3 Å². The van der Waals surface area contributed by atoms with Crippen molar-refractivity contribution in [2.75, 3.05) is 25.9 Å². The van der Waals surface area contributed by atoms with Crippen molar-refractivity contribution >= 4 is 11.9 Å². The summed E-state index contributed by atoms with van der Waals surface area (Å²) < 4.78 is 26.4. The summed E-state index contributed by atoms with van der Waals surface area (Å²) in [5.41, 5.74) is 2.75. The van der Waals surface area contributed by atoms with Gasteiger partial charge in [0, 0.05) is 31.3 Å². The van der Waals surface area contributed by atoms with Gasteiger partial charge >= 0.3 is 6.09 Å². The van der Waals surface area contributed by atoms with Gasteiger partial charge in [-0.05, 0) is 49.9 Å². The molecule has 2 aliphatic rings. The van der Waals surface area contributed by atoms with Crippen molar-refractivity contribution in [2.24, 2.45) is 0 Å². The largest absolute Gasteiger partial charge is 0.467 e. The molecule has 4 atom stereocenters. The van der Waals surface area contributed by atoms with Crippen LogP contribution in [0.2, 0.25) is 0 Å². The number of methoxy groups -OCH3 is 1. The first-order valence-electron chi connectivity index (χ1n) is 12.6. The monoisotopic (exact) mass is 533 g/mol. The van der Waals surface area contributed by atoms with Crippen LogP contribution in [0, 0.1) is 11.3 Å². The van der Waals surface area contributed by atoms with Crippen LogP contribution in [-0.2, 0) is 4.74 Å². The number of fused-ring (bicyclic) bond motifs is 2. The van der Waals surface area contributed by atoms with Crippen molar-refractivity contribution in [3.05, 3.63) is 48.4 Å². The van der Waals surface area contributed by atoms with Gasteiger partial charge in [0.05, 0.1) is 35.9 Å². The molecular weight excluding hydrogens is 505 g/mol. The number of rotatable bonds is 7. The minimum Gasteiger partial charge on any atom is -0.467 e. The van der Waals surface area contributed by atoms with E-state index in [1.54, 1.807) is 30.1 Å². The Labute approximate surface area is 224 Å². The molecule has 1 amide bonds. The fourth-order valence-corrected chi connectivity index (χ4v) is 5.49. The standard InChI is InChI=1S/C27H28FN7O4/c1-34(23-11-18-4-3-5-22(26(23)28)35(18)27(36)37)25-9-8-20(32-33-25)19-7-6-16(10-24(19)39-15-38-2)21-14-30-17(12-29)13-31-21/h6-10,13-14,18,22-23,26H,3-5,11,15H2,1-2H3,(H,36,37)/t18-,22+,23-,26+/m0/s1. The normalized spacial score (nSPS) is 22.2. The topological polar surface area (TPSA) is 138 Å². The average Bonchev–Trinajstić information content (AvgIpc) is 2.97. The summed E-state index contributed by atoms with van der Waals surface area (Å²) in [7, 11) is 3.29. The third-order valence-corrected chi connectivity index (χ3v) is 7.42. The fourth-order valence-electron chi connectivity index (χ4n) is 5.49. The van der Waals surface area contributed by atoms with Gasteiger partial charge in [-0.2, -0.15) is 5.26 Å². The highest BCUT2D eigenvalue weighted by Gasteiger charge is 2.49. The Morgan fingerprint density at radius 1 is 1.21 bits per heavy atom. The highest BCUT2D eigenvalue weighted by Crippen LogP contribution is 2.39. The molecule has 2 aliphatic heterocycles. The van der Waals surface area contributed by atoms with Crippen LogP contribution in [0.5, 0.6) is 5.75 Å². The van der Waals surface area contributed by atoms with Crippen LogP contribution in [0.1, 0.15) is 31.4 Å². The zero-order chi connectivity index (χ0) is 27.5. The van der Waals surface area contributed by atoms with Gasteiger partial charge in [-0.25, -0.2) is 14.2 Å². The molecular formula is C27H28FN7O4. The van der Waals surface area contributed by atoms with Crippen LogP contribution in [0.4, 0.5) is 15.0 Å². The predicted octanol–water partition coefficient (Wildman–Crippen LogP) is 3.90. The lowest BCUT2D eigenvalue weighted by Gasteiger charge is -2.51. The van der Waals surface area contributed by atoms with Crippen LogP contribution in [0.3, 0.4) is 0 Å². The number of halogens is 1. The fraction of sp³-hybridized carbons (Fsp3) is 0.407. The number of hydrogen-bond donors (Lipinski definition) is 1. The molecule has 0 unspecified atom stereocenters. The SMILES string of the molecule is COCOc1cc(-c2cnc(C#N)cn2)ccc1-c1ccc(N(C)[C@H]2C[C@@H]3CCC[C@H]([C@H]2F)N3C(=O)O)nn1. The first-order valence-corrected chi connectivity index (χ1v) is 12.6. The van der Waals surface area contributed by atoms with Crippen molar-refractivity contribution in [1.82, 2.24) is 25.1 Å². The number of alkyl halides is 1. The Bertz CT molecular complexity index is 1370. The molecule has 0 radical (unpaired) electrons. The number of benzene rings is 1. The smallest absolute Gasteiger partial charge is 0.407 e. The average molecular weight is 534 g/mol. The lowest BCUT2D eigenvalue weighted by molar-refractivity contribution is -0.0127. The summed E-state index contributed by atoms with van der Waals surface area (Å²) in [6, 6.07) is 9.62. The maximum atomic E-state index is 15.6. The molecule has 12 heteroatoms. The zero-order valence-corrected chi connectivity index (χ0v) is 21.6. The molecule has 39 heavy (non-hydrogen) atoms. The number of piperidine rings is 2. The molecule has 2 bridgehead atoms. The van der Waals surface area contributed by atoms with Crippen LogP contribution in [0.25, 0.3) is 22.5 Å². The molecule has 11 nitrogen and oxygen atoms in total. The van der Waals surface area contributed by atoms with E-state index in [0.29, 0.717) is 41.4 Å². The number of carboxylic acid groups (broad SMARTS) is 1. The quantitative estimate of drug-likeness (QED) is 0.445. The van der Waals surface area contributed by atoms with Gasteiger partial charge < -0.3 is 19.5 Å². The Hall–Kier alpha value is -4.37. The second-order valence-electron chi connectivity index (χ2n) is 9.64. The Morgan fingerprint density at radius 3 is 2.72 bits per heavy atom. The van der Waals surface area contributed by atoms with E-state index >= 15 is 4.39 Å². The molecule has 4 heterocycles. The molecule has 202 valence electrons. The summed E-state index contributed by atoms with van der Waals surface area (Å²) in [6.45, 7) is 0.0129. The molecule has 2 fully saturated rings. The zero-order valence-electron chi connectivity index (χ0n) is 21.6. The number of nitriles is 1. The number of hydrogen-bond acceptors (Lipinski definition) is 9. The van der Waals surface area contributed by atoms with E-state index in [2.05, 4.69) is 20.2 Å². The van der Waals surface area contributed by atoms with Crippen molar-refractivity contribution in [1.29, 1.82) is 5.26 Å². The Morgan fingerprint density at radius 2 is 2.05 bits per heavy atom. The van der Waals surface area contributed by atoms with E-state index in [1.807, 2.05) is 18.2 Å². The van der Waals surface area contributed by atoms with Crippen LogP contribution >= 0.6 is 0 Å². The van der Waals surface area contributed by atoms with E-state index in [1.165, 1.54) is 24.4 Å². The van der Waals surface area contributed by atoms with Crippen LogP contribution in [-0.4, -0.2) is 81.5 Å². The summed E-state index contributed by atoms with van der Waals surface area (Å²) in [5, 5.41) is 27.3. The first-order chi connectivity index (χ1) is 18.9. The Kier molecular flexibility index (Phi) is 7.51. The van der Waals surface area contributed by atoms with E-state index < -0.39 is 24.3 Å². The van der Waals surface area contributed by atoms with Gasteiger partial charge in [-0.15, -0.1) is 10.2 Å². The number of anilines is 1. The maximum Gasteiger partial charge on any atom is 0.407 e. The van der Waals surface area contributed by atoms with E-state index in [4.69, 9.17) is 14.7 Å². The van der Waals surface area contributed by atoms with Gasteiger partial charge in [-0.3, -0.25) is 9.88 Å². The minimum atomic E-state index is -1.32. The van der Waals surface area contributed by atoms with Gasteiger partial charge in [0.25, 0.3) is 0 Å². The van der Waals surface area contributed by atoms with Crippen LogP contribution in [0.15, 0.2) is 42.7 Å². The maximum absolute atomic E-state index is 15.6. The molecule has 1 N–H and O–H groups in total. The lowest BCUT2D eigenvalue weighted by Crippen LogP contribution is -2.64.